The Kier molecular flexibility index (Phi) is 4.36. The molecule has 0 bridgehead atoms. The standard InChI is InChI=1S/C14H19N3O/c1-18-9-5-4-8-17-11-12(10-16-17)13-6-2-3-7-14(13)15/h2-3,6-7,10-11H,4-5,8-9,15H2,1H3. The quantitative estimate of drug-likeness (QED) is 0.628. The zero-order chi connectivity index (χ0) is 12.8. The number of benzene rings is 1. The number of unbranched alkanes of at least 4 members (excludes halogenated alkanes) is 1. The number of aromatic nitrogens is 2. The van der Waals surface area contributed by atoms with Crippen LogP contribution in [0.4, 0.5) is 5.69 Å². The summed E-state index contributed by atoms with van der Waals surface area (Å²) >= 11 is 0. The smallest absolute Gasteiger partial charge is 0.0569 e. The molecule has 0 radical (unpaired) electrons. The van der Waals surface area contributed by atoms with E-state index in [0.717, 1.165) is 42.8 Å². The second kappa shape index (κ2) is 6.21. The summed E-state index contributed by atoms with van der Waals surface area (Å²) in [4.78, 5) is 0. The predicted molar refractivity (Wildman–Crippen MR) is 73.2 cm³/mol. The van der Waals surface area contributed by atoms with Crippen LogP contribution in [0.15, 0.2) is 36.7 Å². The number of ether oxygens (including phenoxy) is 1. The summed E-state index contributed by atoms with van der Waals surface area (Å²) in [5.41, 5.74) is 8.85. The molecule has 2 rings (SSSR count). The maximum absolute atomic E-state index is 5.95. The van der Waals surface area contributed by atoms with Gasteiger partial charge in [-0.2, -0.15) is 5.10 Å². The molecule has 0 atom stereocenters. The van der Waals surface area contributed by atoms with E-state index >= 15 is 0 Å². The van der Waals surface area contributed by atoms with E-state index in [1.54, 1.807) is 7.11 Å². The summed E-state index contributed by atoms with van der Waals surface area (Å²) in [5, 5.41) is 4.35. The minimum absolute atomic E-state index is 0.788. The normalized spacial score (nSPS) is 10.7. The van der Waals surface area contributed by atoms with Crippen molar-refractivity contribution in [2.75, 3.05) is 19.5 Å². The molecule has 4 nitrogen and oxygen atoms in total. The molecule has 0 aliphatic rings. The first-order chi connectivity index (χ1) is 8.81. The van der Waals surface area contributed by atoms with Gasteiger partial charge in [0.05, 0.1) is 6.20 Å². The molecule has 96 valence electrons. The molecule has 0 fully saturated rings. The fourth-order valence-corrected chi connectivity index (χ4v) is 1.91. The molecular formula is C14H19N3O. The van der Waals surface area contributed by atoms with Crippen molar-refractivity contribution in [3.63, 3.8) is 0 Å². The summed E-state index contributed by atoms with van der Waals surface area (Å²) in [6, 6.07) is 7.85. The largest absolute Gasteiger partial charge is 0.398 e. The molecule has 1 aromatic heterocycles. The van der Waals surface area contributed by atoms with E-state index in [1.807, 2.05) is 41.3 Å². The number of para-hydroxylation sites is 1. The van der Waals surface area contributed by atoms with Crippen molar-refractivity contribution in [2.45, 2.75) is 19.4 Å². The third-order valence-electron chi connectivity index (χ3n) is 2.89. The van der Waals surface area contributed by atoms with E-state index in [4.69, 9.17) is 10.5 Å². The topological polar surface area (TPSA) is 53.1 Å². The maximum atomic E-state index is 5.95. The fraction of sp³-hybridized carbons (Fsp3) is 0.357. The fourth-order valence-electron chi connectivity index (χ4n) is 1.91. The maximum Gasteiger partial charge on any atom is 0.0569 e. The molecule has 4 heteroatoms. The summed E-state index contributed by atoms with van der Waals surface area (Å²) in [7, 11) is 1.73. The predicted octanol–water partition coefficient (Wildman–Crippen LogP) is 2.56. The monoisotopic (exact) mass is 245 g/mol. The van der Waals surface area contributed by atoms with Gasteiger partial charge in [-0.3, -0.25) is 4.68 Å². The number of anilines is 1. The molecule has 0 saturated heterocycles. The SMILES string of the molecule is COCCCCn1cc(-c2ccccc2N)cn1. The number of nitrogens with zero attached hydrogens (tertiary/aromatic N) is 2. The number of nitrogen functional groups attached to an aromatic ring is 1. The highest BCUT2D eigenvalue weighted by Crippen LogP contribution is 2.24. The third-order valence-corrected chi connectivity index (χ3v) is 2.89. The number of hydrogen-bond acceptors (Lipinski definition) is 3. The Morgan fingerprint density at radius 3 is 2.89 bits per heavy atom. The van der Waals surface area contributed by atoms with Crippen LogP contribution >= 0.6 is 0 Å². The van der Waals surface area contributed by atoms with Crippen LogP contribution < -0.4 is 5.73 Å². The molecule has 18 heavy (non-hydrogen) atoms. The van der Waals surface area contributed by atoms with Gasteiger partial charge in [0.2, 0.25) is 0 Å². The highest BCUT2D eigenvalue weighted by Gasteiger charge is 2.04. The Hall–Kier alpha value is -1.81. The number of hydrogen-bond donors (Lipinski definition) is 1. The van der Waals surface area contributed by atoms with E-state index in [-0.39, 0.29) is 0 Å². The van der Waals surface area contributed by atoms with Gasteiger partial charge in [-0.05, 0) is 18.9 Å². The molecule has 2 N–H and O–H groups in total. The van der Waals surface area contributed by atoms with Crippen molar-refractivity contribution < 1.29 is 4.74 Å². The molecule has 0 saturated carbocycles. The van der Waals surface area contributed by atoms with Crippen molar-refractivity contribution in [2.24, 2.45) is 0 Å². The molecule has 0 spiro atoms. The summed E-state index contributed by atoms with van der Waals surface area (Å²) in [6.45, 7) is 1.72. The summed E-state index contributed by atoms with van der Waals surface area (Å²) in [6.07, 6.45) is 6.03. The van der Waals surface area contributed by atoms with Gasteiger partial charge in [-0.15, -0.1) is 0 Å². The molecule has 0 unspecified atom stereocenters. The molecule has 2 aromatic rings. The molecule has 0 amide bonds. The van der Waals surface area contributed by atoms with Gasteiger partial charge < -0.3 is 10.5 Å². The number of nitrogens with two attached hydrogens (primary N) is 1. The Labute approximate surface area is 107 Å². The van der Waals surface area contributed by atoms with Gasteiger partial charge in [-0.25, -0.2) is 0 Å². The van der Waals surface area contributed by atoms with E-state index in [1.165, 1.54) is 0 Å². The molecule has 0 aliphatic heterocycles. The van der Waals surface area contributed by atoms with Crippen LogP contribution in [-0.4, -0.2) is 23.5 Å². The average Bonchev–Trinajstić information content (AvgIpc) is 2.84. The van der Waals surface area contributed by atoms with Crippen LogP contribution in [0.25, 0.3) is 11.1 Å². The van der Waals surface area contributed by atoms with Crippen LogP contribution in [-0.2, 0) is 11.3 Å². The molecule has 1 aromatic carbocycles. The molecule has 1 heterocycles. The lowest BCUT2D eigenvalue weighted by Gasteiger charge is -2.02. The van der Waals surface area contributed by atoms with Gasteiger partial charge in [0.1, 0.15) is 0 Å². The van der Waals surface area contributed by atoms with Crippen molar-refractivity contribution in [1.29, 1.82) is 0 Å². The van der Waals surface area contributed by atoms with Gasteiger partial charge in [-0.1, -0.05) is 18.2 Å². The lowest BCUT2D eigenvalue weighted by Crippen LogP contribution is -1.99. The van der Waals surface area contributed by atoms with Gasteiger partial charge in [0, 0.05) is 43.3 Å². The van der Waals surface area contributed by atoms with Crippen molar-refractivity contribution in [3.8, 4) is 11.1 Å². The minimum atomic E-state index is 0.788. The van der Waals surface area contributed by atoms with E-state index in [9.17, 15) is 0 Å². The Morgan fingerprint density at radius 1 is 1.28 bits per heavy atom. The zero-order valence-electron chi connectivity index (χ0n) is 10.7. The number of methoxy groups -OCH3 is 1. The van der Waals surface area contributed by atoms with E-state index in [2.05, 4.69) is 5.10 Å². The van der Waals surface area contributed by atoms with Gasteiger partial charge in [0.15, 0.2) is 0 Å². The number of aryl methyl sites for hydroxylation is 1. The molecular weight excluding hydrogens is 226 g/mol. The summed E-state index contributed by atoms with van der Waals surface area (Å²) in [5.74, 6) is 0. The van der Waals surface area contributed by atoms with Crippen molar-refractivity contribution in [3.05, 3.63) is 36.7 Å². The highest BCUT2D eigenvalue weighted by atomic mass is 16.5. The first-order valence-corrected chi connectivity index (χ1v) is 6.17. The lowest BCUT2D eigenvalue weighted by molar-refractivity contribution is 0.191. The van der Waals surface area contributed by atoms with E-state index < -0.39 is 0 Å². The van der Waals surface area contributed by atoms with Crippen molar-refractivity contribution in [1.82, 2.24) is 9.78 Å². The van der Waals surface area contributed by atoms with Crippen LogP contribution in [0.5, 0.6) is 0 Å². The van der Waals surface area contributed by atoms with Gasteiger partial charge in [0.25, 0.3) is 0 Å². The van der Waals surface area contributed by atoms with E-state index in [0.29, 0.717) is 0 Å². The minimum Gasteiger partial charge on any atom is -0.398 e. The second-order valence-electron chi connectivity index (χ2n) is 4.28. The third kappa shape index (κ3) is 3.11. The van der Waals surface area contributed by atoms with Crippen LogP contribution in [0.1, 0.15) is 12.8 Å². The van der Waals surface area contributed by atoms with Gasteiger partial charge >= 0.3 is 0 Å². The van der Waals surface area contributed by atoms with Crippen LogP contribution in [0.2, 0.25) is 0 Å². The Morgan fingerprint density at radius 2 is 2.11 bits per heavy atom. The number of rotatable bonds is 6. The summed E-state index contributed by atoms with van der Waals surface area (Å²) < 4.78 is 6.98. The Bertz CT molecular complexity index is 493. The highest BCUT2D eigenvalue weighted by molar-refractivity contribution is 5.75. The second-order valence-corrected chi connectivity index (χ2v) is 4.28. The average molecular weight is 245 g/mol. The Balaban J connectivity index is 2.00. The first-order valence-electron chi connectivity index (χ1n) is 6.17. The van der Waals surface area contributed by atoms with Crippen molar-refractivity contribution >= 4 is 5.69 Å². The zero-order valence-corrected chi connectivity index (χ0v) is 10.7. The molecule has 0 aliphatic carbocycles. The van der Waals surface area contributed by atoms with Crippen LogP contribution in [0.3, 0.4) is 0 Å². The first kappa shape index (κ1) is 12.6. The lowest BCUT2D eigenvalue weighted by atomic mass is 10.1. The van der Waals surface area contributed by atoms with Crippen LogP contribution in [0, 0.1) is 0 Å².